The van der Waals surface area contributed by atoms with E-state index in [0.29, 0.717) is 31.0 Å². The Morgan fingerprint density at radius 1 is 1.33 bits per heavy atom. The van der Waals surface area contributed by atoms with Gasteiger partial charge in [-0.2, -0.15) is 0 Å². The maximum absolute atomic E-state index is 13.1. The van der Waals surface area contributed by atoms with Crippen molar-refractivity contribution < 1.29 is 29.4 Å². The fourth-order valence-electron chi connectivity index (χ4n) is 6.14. The molecule has 3 saturated heterocycles. The molecule has 15 nitrogen and oxygen atoms in total. The Bertz CT molecular complexity index is 1180. The summed E-state index contributed by atoms with van der Waals surface area (Å²) in [4.78, 5) is 54.5. The van der Waals surface area contributed by atoms with Crippen molar-refractivity contribution in [3.8, 4) is 0 Å². The van der Waals surface area contributed by atoms with E-state index in [1.807, 2.05) is 6.92 Å². The van der Waals surface area contributed by atoms with Gasteiger partial charge in [0.05, 0.1) is 18.0 Å². The van der Waals surface area contributed by atoms with Gasteiger partial charge in [-0.1, -0.05) is 6.92 Å². The molecule has 3 unspecified atom stereocenters. The SMILES string of the molecule is C[C@@H](NC(=O)Cn1cnnn1)[C@H]1C(=O)N2C(C(=O)O)=C(S[C@@H]3CNC(C(=O)N4CC(N)C(CO)C4)C3)[C@H](C)[C@H]12. The van der Waals surface area contributed by atoms with Gasteiger partial charge in [0, 0.05) is 60.3 Å². The number of carbonyl (C=O) groups excluding carboxylic acids is 3. The predicted octanol–water partition coefficient (Wildman–Crippen LogP) is -2.81. The molecule has 3 amide bonds. The van der Waals surface area contributed by atoms with Gasteiger partial charge in [-0.15, -0.1) is 16.9 Å². The number of aromatic nitrogens is 4. The smallest absolute Gasteiger partial charge is 0.353 e. The first-order valence-corrected chi connectivity index (χ1v) is 13.8. The second-order valence-corrected chi connectivity index (χ2v) is 12.0. The first-order chi connectivity index (χ1) is 18.6. The Hall–Kier alpha value is -3.08. The molecule has 0 aliphatic carbocycles. The van der Waals surface area contributed by atoms with Crippen molar-refractivity contribution in [2.75, 3.05) is 26.2 Å². The molecule has 16 heteroatoms. The molecule has 0 radical (unpaired) electrons. The van der Waals surface area contributed by atoms with E-state index in [9.17, 15) is 29.4 Å². The summed E-state index contributed by atoms with van der Waals surface area (Å²) >= 11 is 1.40. The van der Waals surface area contributed by atoms with Crippen LogP contribution in [0.1, 0.15) is 20.3 Å². The number of hydrogen-bond donors (Lipinski definition) is 5. The summed E-state index contributed by atoms with van der Waals surface area (Å²) in [5, 5.41) is 36.1. The normalized spacial score (nSPS) is 32.8. The highest BCUT2D eigenvalue weighted by Gasteiger charge is 2.60. The second-order valence-electron chi connectivity index (χ2n) is 10.7. The van der Waals surface area contributed by atoms with E-state index in [-0.39, 0.29) is 65.7 Å². The zero-order valence-corrected chi connectivity index (χ0v) is 22.5. The van der Waals surface area contributed by atoms with Crippen LogP contribution in [0.15, 0.2) is 16.9 Å². The third-order valence-corrected chi connectivity index (χ3v) is 9.65. The lowest BCUT2D eigenvalue weighted by Gasteiger charge is -2.47. The number of tetrazole rings is 1. The van der Waals surface area contributed by atoms with Gasteiger partial charge in [-0.25, -0.2) is 9.48 Å². The molecule has 212 valence electrons. The maximum atomic E-state index is 13.1. The Labute approximate surface area is 228 Å². The molecule has 4 aliphatic rings. The standard InChI is InChI=1S/C23H33N9O6S/c1-10-18-17(11(2)27-16(34)7-31-9-26-28-29-31)22(36)32(18)19(23(37)38)20(10)39-13-3-15(25-4-13)21(35)30-5-12(8-33)14(24)6-30/h9-15,17-18,25,33H,3-8,24H2,1-2H3,(H,27,34)(H,37,38)/t10-,11-,12?,13+,14?,15?,17-,18-/m1/s1. The number of thioether (sulfide) groups is 1. The molecule has 5 rings (SSSR count). The first-order valence-electron chi connectivity index (χ1n) is 13.0. The molecular formula is C23H33N9O6S. The predicted molar refractivity (Wildman–Crippen MR) is 136 cm³/mol. The third-order valence-electron chi connectivity index (χ3n) is 8.14. The van der Waals surface area contributed by atoms with Gasteiger partial charge in [-0.3, -0.25) is 14.4 Å². The molecule has 1 aromatic rings. The Kier molecular flexibility index (Phi) is 7.63. The van der Waals surface area contributed by atoms with Crippen molar-refractivity contribution in [2.45, 2.75) is 56.2 Å². The summed E-state index contributed by atoms with van der Waals surface area (Å²) < 4.78 is 1.27. The van der Waals surface area contributed by atoms with Crippen molar-refractivity contribution in [1.82, 2.24) is 40.6 Å². The number of aliphatic hydroxyl groups excluding tert-OH is 1. The summed E-state index contributed by atoms with van der Waals surface area (Å²) in [6.07, 6.45) is 1.82. The minimum absolute atomic E-state index is 0.0166. The molecule has 8 atom stereocenters. The number of aliphatic carboxylic acids is 1. The van der Waals surface area contributed by atoms with Gasteiger partial charge in [0.1, 0.15) is 18.6 Å². The van der Waals surface area contributed by atoms with Crippen LogP contribution in [0, 0.1) is 17.8 Å². The van der Waals surface area contributed by atoms with Gasteiger partial charge in [-0.05, 0) is 23.8 Å². The van der Waals surface area contributed by atoms with E-state index in [1.165, 1.54) is 27.7 Å². The van der Waals surface area contributed by atoms with Crippen LogP contribution in [0.3, 0.4) is 0 Å². The molecule has 0 bridgehead atoms. The van der Waals surface area contributed by atoms with Crippen molar-refractivity contribution in [3.63, 3.8) is 0 Å². The van der Waals surface area contributed by atoms with E-state index >= 15 is 0 Å². The van der Waals surface area contributed by atoms with E-state index in [1.54, 1.807) is 11.8 Å². The van der Waals surface area contributed by atoms with Crippen LogP contribution in [0.4, 0.5) is 0 Å². The number of rotatable bonds is 9. The fraction of sp³-hybridized carbons (Fsp3) is 0.696. The number of carboxylic acid groups (broad SMARTS) is 1. The zero-order valence-electron chi connectivity index (χ0n) is 21.6. The van der Waals surface area contributed by atoms with Crippen LogP contribution in [-0.4, -0.2) is 120 Å². The summed E-state index contributed by atoms with van der Waals surface area (Å²) in [5.41, 5.74) is 6.02. The Morgan fingerprint density at radius 2 is 2.10 bits per heavy atom. The lowest BCUT2D eigenvalue weighted by atomic mass is 9.78. The maximum Gasteiger partial charge on any atom is 0.353 e. The minimum Gasteiger partial charge on any atom is -0.477 e. The van der Waals surface area contributed by atoms with E-state index in [2.05, 4.69) is 26.2 Å². The lowest BCUT2D eigenvalue weighted by Crippen LogP contribution is -2.66. The highest BCUT2D eigenvalue weighted by Crippen LogP contribution is 2.51. The van der Waals surface area contributed by atoms with Crippen LogP contribution in [0.25, 0.3) is 0 Å². The topological polar surface area (TPSA) is 209 Å². The number of likely N-dealkylation sites (tertiary alicyclic amines) is 1. The average Bonchev–Trinajstić information content (AvgIpc) is 3.67. The van der Waals surface area contributed by atoms with Gasteiger partial charge >= 0.3 is 5.97 Å². The van der Waals surface area contributed by atoms with E-state index in [0.717, 1.165) is 0 Å². The number of nitrogens with one attached hydrogen (secondary N) is 2. The molecule has 0 saturated carbocycles. The molecule has 5 heterocycles. The number of nitrogens with two attached hydrogens (primary N) is 1. The van der Waals surface area contributed by atoms with Crippen LogP contribution in [-0.2, 0) is 25.7 Å². The van der Waals surface area contributed by atoms with Gasteiger partial charge in [0.2, 0.25) is 17.7 Å². The number of carbonyl (C=O) groups is 4. The monoisotopic (exact) mass is 563 g/mol. The number of hydrogen-bond acceptors (Lipinski definition) is 11. The van der Waals surface area contributed by atoms with Crippen LogP contribution in [0.5, 0.6) is 0 Å². The highest BCUT2D eigenvalue weighted by atomic mass is 32.2. The van der Waals surface area contributed by atoms with Crippen molar-refractivity contribution in [2.24, 2.45) is 23.5 Å². The number of nitrogens with zero attached hydrogens (tertiary/aromatic N) is 6. The quantitative estimate of drug-likeness (QED) is 0.193. The number of carboxylic acids is 1. The van der Waals surface area contributed by atoms with Gasteiger partial charge in [0.15, 0.2) is 0 Å². The minimum atomic E-state index is -1.17. The summed E-state index contributed by atoms with van der Waals surface area (Å²) in [6.45, 7) is 4.80. The highest BCUT2D eigenvalue weighted by molar-refractivity contribution is 8.03. The third kappa shape index (κ3) is 5.01. The molecule has 3 fully saturated rings. The Morgan fingerprint density at radius 3 is 2.74 bits per heavy atom. The molecule has 0 spiro atoms. The fourth-order valence-corrected chi connectivity index (χ4v) is 7.62. The molecule has 4 aliphatic heterocycles. The second kappa shape index (κ2) is 10.8. The number of β-lactam (4-membered cyclic amide) rings is 1. The number of amides is 3. The largest absolute Gasteiger partial charge is 0.477 e. The number of fused-ring (bicyclic) bond motifs is 1. The number of aliphatic hydroxyl groups is 1. The molecule has 39 heavy (non-hydrogen) atoms. The molecule has 0 aromatic carbocycles. The zero-order chi connectivity index (χ0) is 28.0. The van der Waals surface area contributed by atoms with Crippen LogP contribution >= 0.6 is 11.8 Å². The first kappa shape index (κ1) is 27.5. The van der Waals surface area contributed by atoms with E-state index < -0.39 is 24.0 Å². The average molecular weight is 564 g/mol. The molecular weight excluding hydrogens is 530 g/mol. The van der Waals surface area contributed by atoms with Gasteiger partial charge < -0.3 is 36.4 Å². The molecule has 6 N–H and O–H groups in total. The van der Waals surface area contributed by atoms with Crippen LogP contribution < -0.4 is 16.4 Å². The summed E-state index contributed by atoms with van der Waals surface area (Å²) in [6, 6.07) is -1.58. The van der Waals surface area contributed by atoms with Crippen molar-refractivity contribution >= 4 is 35.5 Å². The van der Waals surface area contributed by atoms with Crippen molar-refractivity contribution in [1.29, 1.82) is 0 Å². The van der Waals surface area contributed by atoms with Crippen molar-refractivity contribution in [3.05, 3.63) is 16.9 Å². The van der Waals surface area contributed by atoms with Gasteiger partial charge in [0.25, 0.3) is 0 Å². The summed E-state index contributed by atoms with van der Waals surface area (Å²) in [5.74, 6) is -2.89. The summed E-state index contributed by atoms with van der Waals surface area (Å²) in [7, 11) is 0. The lowest BCUT2D eigenvalue weighted by molar-refractivity contribution is -0.158. The van der Waals surface area contributed by atoms with Crippen LogP contribution in [0.2, 0.25) is 0 Å². The Balaban J connectivity index is 1.22. The van der Waals surface area contributed by atoms with E-state index in [4.69, 9.17) is 5.73 Å². The molecule has 1 aromatic heterocycles.